The van der Waals surface area contributed by atoms with Gasteiger partial charge in [0.05, 0.1) is 46.7 Å². The Bertz CT molecular complexity index is 1390. The molecule has 0 bridgehead atoms. The van der Waals surface area contributed by atoms with Crippen molar-refractivity contribution in [3.63, 3.8) is 0 Å². The van der Waals surface area contributed by atoms with Crippen molar-refractivity contribution >= 4 is 21.6 Å². The van der Waals surface area contributed by atoms with E-state index in [9.17, 15) is 0 Å². The van der Waals surface area contributed by atoms with Crippen LogP contribution in [0.25, 0.3) is 0 Å². The number of anilines is 1. The quantitative estimate of drug-likeness (QED) is 0.139. The lowest BCUT2D eigenvalue weighted by Gasteiger charge is -2.31. The zero-order chi connectivity index (χ0) is 30.1. The fourth-order valence-electron chi connectivity index (χ4n) is 5.93. The molecule has 0 unspecified atom stereocenters. The van der Waals surface area contributed by atoms with E-state index < -0.39 is 0 Å². The molecule has 0 heterocycles. The molecule has 0 aliphatic heterocycles. The molecule has 0 amide bonds. The van der Waals surface area contributed by atoms with E-state index in [2.05, 4.69) is 107 Å². The molecular formula is C37H40BrNO4. The first-order valence-corrected chi connectivity index (χ1v) is 15.4. The number of rotatable bonds is 14. The molecule has 224 valence electrons. The van der Waals surface area contributed by atoms with E-state index in [0.717, 1.165) is 45.6 Å². The summed E-state index contributed by atoms with van der Waals surface area (Å²) in [4.78, 5) is 0. The maximum atomic E-state index is 6.42. The van der Waals surface area contributed by atoms with Crippen molar-refractivity contribution < 1.29 is 18.9 Å². The molecule has 4 aromatic rings. The van der Waals surface area contributed by atoms with Gasteiger partial charge in [0.15, 0.2) is 0 Å². The molecule has 1 aliphatic rings. The molecule has 1 aliphatic carbocycles. The predicted molar refractivity (Wildman–Crippen MR) is 177 cm³/mol. The van der Waals surface area contributed by atoms with Gasteiger partial charge >= 0.3 is 0 Å². The van der Waals surface area contributed by atoms with Gasteiger partial charge in [-0.15, -0.1) is 0 Å². The van der Waals surface area contributed by atoms with Crippen LogP contribution in [0.3, 0.4) is 0 Å². The number of hydrogen-bond donors (Lipinski definition) is 1. The number of methoxy groups -OCH3 is 2. The maximum Gasteiger partial charge on any atom is 0.118 e. The molecular weight excluding hydrogens is 602 g/mol. The largest absolute Gasteiger partial charge is 0.497 e. The van der Waals surface area contributed by atoms with E-state index in [1.54, 1.807) is 14.2 Å². The van der Waals surface area contributed by atoms with E-state index in [1.165, 1.54) is 11.1 Å². The molecule has 5 rings (SSSR count). The molecule has 1 saturated carbocycles. The normalized spacial score (nSPS) is 16.5. The van der Waals surface area contributed by atoms with E-state index in [-0.39, 0.29) is 17.4 Å². The van der Waals surface area contributed by atoms with Crippen LogP contribution in [-0.2, 0) is 22.7 Å². The van der Waals surface area contributed by atoms with Gasteiger partial charge < -0.3 is 24.3 Å². The monoisotopic (exact) mass is 641 g/mol. The standard InChI is InChI=1S/C37H40BrNO4/c1-27-21-37(25-42-23-28-9-17-33(40-2)18-10-28,26-43-24-29-11-19-34(41-3)20-12-29)22-35(27)36(30-7-5-4-6-8-30)39-32-15-13-31(38)14-16-32/h4-20,35-36,39H,1,21-26H2,2-3H3/t35-,36-/m0/s1. The smallest absolute Gasteiger partial charge is 0.118 e. The Hall–Kier alpha value is -3.58. The van der Waals surface area contributed by atoms with Gasteiger partial charge in [-0.1, -0.05) is 82.7 Å². The first kappa shape index (κ1) is 30.9. The molecule has 5 nitrogen and oxygen atoms in total. The van der Waals surface area contributed by atoms with Gasteiger partial charge in [-0.05, 0) is 78.1 Å². The highest BCUT2D eigenvalue weighted by atomic mass is 79.9. The second-order valence-electron chi connectivity index (χ2n) is 11.4. The second kappa shape index (κ2) is 14.7. The summed E-state index contributed by atoms with van der Waals surface area (Å²) in [7, 11) is 3.36. The topological polar surface area (TPSA) is 49.0 Å². The minimum absolute atomic E-state index is 0.0694. The average Bonchev–Trinajstić information content (AvgIpc) is 3.37. The summed E-state index contributed by atoms with van der Waals surface area (Å²) in [6.45, 7) is 6.83. The van der Waals surface area contributed by atoms with Crippen molar-refractivity contribution in [2.24, 2.45) is 11.3 Å². The summed E-state index contributed by atoms with van der Waals surface area (Å²) in [5, 5.41) is 3.83. The van der Waals surface area contributed by atoms with Crippen molar-refractivity contribution in [3.8, 4) is 11.5 Å². The summed E-state index contributed by atoms with van der Waals surface area (Å²) in [5.41, 5.74) is 5.57. The Kier molecular flexibility index (Phi) is 10.6. The van der Waals surface area contributed by atoms with Crippen LogP contribution >= 0.6 is 15.9 Å². The van der Waals surface area contributed by atoms with Crippen LogP contribution in [0.1, 0.15) is 35.6 Å². The van der Waals surface area contributed by atoms with Gasteiger partial charge in [-0.3, -0.25) is 0 Å². The van der Waals surface area contributed by atoms with E-state index in [4.69, 9.17) is 18.9 Å². The van der Waals surface area contributed by atoms with Crippen LogP contribution in [0.2, 0.25) is 0 Å². The lowest BCUT2D eigenvalue weighted by Crippen LogP contribution is -2.31. The lowest BCUT2D eigenvalue weighted by atomic mass is 9.84. The highest BCUT2D eigenvalue weighted by Crippen LogP contribution is 2.51. The van der Waals surface area contributed by atoms with Crippen molar-refractivity contribution in [3.05, 3.63) is 136 Å². The minimum Gasteiger partial charge on any atom is -0.497 e. The minimum atomic E-state index is -0.199. The zero-order valence-electron chi connectivity index (χ0n) is 24.9. The van der Waals surface area contributed by atoms with Crippen molar-refractivity contribution in [1.29, 1.82) is 0 Å². The molecule has 0 saturated heterocycles. The Balaban J connectivity index is 1.34. The first-order chi connectivity index (χ1) is 21.0. The van der Waals surface area contributed by atoms with Crippen molar-refractivity contribution in [1.82, 2.24) is 0 Å². The van der Waals surface area contributed by atoms with Crippen LogP contribution in [0.4, 0.5) is 5.69 Å². The number of nitrogens with one attached hydrogen (secondary N) is 1. The van der Waals surface area contributed by atoms with Gasteiger partial charge in [0, 0.05) is 21.5 Å². The number of benzene rings is 4. The van der Waals surface area contributed by atoms with E-state index in [1.807, 2.05) is 24.3 Å². The molecule has 0 spiro atoms. The molecule has 0 aromatic heterocycles. The van der Waals surface area contributed by atoms with Gasteiger partial charge in [0.1, 0.15) is 11.5 Å². The molecule has 4 aromatic carbocycles. The Morgan fingerprint density at radius 2 is 1.30 bits per heavy atom. The Labute approximate surface area is 264 Å². The van der Waals surface area contributed by atoms with Gasteiger partial charge in [0.2, 0.25) is 0 Å². The lowest BCUT2D eigenvalue weighted by molar-refractivity contribution is -0.0312. The SMILES string of the molecule is C=C1CC(COCc2ccc(OC)cc2)(COCc2ccc(OC)cc2)C[C@@H]1[C@@H](Nc1ccc(Br)cc1)c1ccccc1. The van der Waals surface area contributed by atoms with Crippen LogP contribution in [0.15, 0.2) is 120 Å². The van der Waals surface area contributed by atoms with Crippen molar-refractivity contribution in [2.75, 3.05) is 32.8 Å². The third-order valence-corrected chi connectivity index (χ3v) is 8.71. The van der Waals surface area contributed by atoms with Crippen LogP contribution < -0.4 is 14.8 Å². The third-order valence-electron chi connectivity index (χ3n) is 8.18. The van der Waals surface area contributed by atoms with Crippen molar-refractivity contribution in [2.45, 2.75) is 32.1 Å². The van der Waals surface area contributed by atoms with Gasteiger partial charge in [-0.25, -0.2) is 0 Å². The van der Waals surface area contributed by atoms with Crippen LogP contribution in [0, 0.1) is 11.3 Å². The van der Waals surface area contributed by atoms with E-state index in [0.29, 0.717) is 26.4 Å². The Morgan fingerprint density at radius 1 is 0.767 bits per heavy atom. The molecule has 1 fully saturated rings. The average molecular weight is 643 g/mol. The Morgan fingerprint density at radius 3 is 1.81 bits per heavy atom. The van der Waals surface area contributed by atoms with Gasteiger partial charge in [0.25, 0.3) is 0 Å². The molecule has 0 radical (unpaired) electrons. The summed E-state index contributed by atoms with van der Waals surface area (Å²) in [5.74, 6) is 1.89. The third kappa shape index (κ3) is 8.29. The number of ether oxygens (including phenoxy) is 4. The summed E-state index contributed by atoms with van der Waals surface area (Å²) >= 11 is 3.56. The maximum absolute atomic E-state index is 6.42. The molecule has 2 atom stereocenters. The predicted octanol–water partition coefficient (Wildman–Crippen LogP) is 9.01. The number of halogens is 1. The highest BCUT2D eigenvalue weighted by Gasteiger charge is 2.45. The van der Waals surface area contributed by atoms with E-state index >= 15 is 0 Å². The first-order valence-electron chi connectivity index (χ1n) is 14.6. The van der Waals surface area contributed by atoms with Crippen LogP contribution in [-0.4, -0.2) is 27.4 Å². The fraction of sp³-hybridized carbons (Fsp3) is 0.297. The highest BCUT2D eigenvalue weighted by molar-refractivity contribution is 9.10. The number of hydrogen-bond acceptors (Lipinski definition) is 5. The summed E-state index contributed by atoms with van der Waals surface area (Å²) < 4.78 is 24.5. The zero-order valence-corrected chi connectivity index (χ0v) is 26.5. The fourth-order valence-corrected chi connectivity index (χ4v) is 6.19. The molecule has 43 heavy (non-hydrogen) atoms. The van der Waals surface area contributed by atoms with Gasteiger partial charge in [-0.2, -0.15) is 0 Å². The molecule has 6 heteroatoms. The summed E-state index contributed by atoms with van der Waals surface area (Å²) in [6, 6.07) is 35.2. The second-order valence-corrected chi connectivity index (χ2v) is 12.3. The summed E-state index contributed by atoms with van der Waals surface area (Å²) in [6.07, 6.45) is 1.74. The van der Waals surface area contributed by atoms with Crippen LogP contribution in [0.5, 0.6) is 11.5 Å². The molecule has 1 N–H and O–H groups in total.